The number of rotatable bonds is 10. The lowest BCUT2D eigenvalue weighted by atomic mass is 10.0. The number of primary amides is 1. The van der Waals surface area contributed by atoms with Crippen molar-refractivity contribution in [2.75, 3.05) is 6.54 Å². The first-order valence-corrected chi connectivity index (χ1v) is 10.9. The highest BCUT2D eigenvalue weighted by atomic mass is 19.1. The third-order valence-corrected chi connectivity index (χ3v) is 4.87. The SMILES string of the molecule is CC.CCCCCn1c(CNCC(N)=O)nc2ccc(Cc3ccc(F)cc3F)cc21. The van der Waals surface area contributed by atoms with Gasteiger partial charge in [0.05, 0.1) is 24.1 Å². The van der Waals surface area contributed by atoms with Gasteiger partial charge in [-0.1, -0.05) is 45.7 Å². The first kappa shape index (κ1) is 24.5. The molecule has 0 spiro atoms. The van der Waals surface area contributed by atoms with Crippen LogP contribution in [0, 0.1) is 11.6 Å². The van der Waals surface area contributed by atoms with Crippen molar-refractivity contribution >= 4 is 16.9 Å². The van der Waals surface area contributed by atoms with E-state index >= 15 is 0 Å². The van der Waals surface area contributed by atoms with Crippen molar-refractivity contribution in [3.8, 4) is 0 Å². The van der Waals surface area contributed by atoms with Gasteiger partial charge in [0.15, 0.2) is 0 Å². The van der Waals surface area contributed by atoms with Gasteiger partial charge >= 0.3 is 0 Å². The first-order valence-electron chi connectivity index (χ1n) is 10.9. The van der Waals surface area contributed by atoms with E-state index in [9.17, 15) is 13.6 Å². The van der Waals surface area contributed by atoms with Gasteiger partial charge in [0.2, 0.25) is 5.91 Å². The third kappa shape index (κ3) is 6.85. The Morgan fingerprint density at radius 3 is 2.58 bits per heavy atom. The number of nitrogens with zero attached hydrogens (tertiary/aromatic N) is 2. The van der Waals surface area contributed by atoms with Crippen molar-refractivity contribution in [3.63, 3.8) is 0 Å². The van der Waals surface area contributed by atoms with Crippen molar-refractivity contribution in [2.24, 2.45) is 5.73 Å². The van der Waals surface area contributed by atoms with E-state index in [1.54, 1.807) is 0 Å². The maximum Gasteiger partial charge on any atom is 0.231 e. The number of carbonyl (C=O) groups excluding carboxylic acids is 1. The van der Waals surface area contributed by atoms with Crippen LogP contribution in [0.1, 0.15) is 57.0 Å². The van der Waals surface area contributed by atoms with Gasteiger partial charge in [-0.2, -0.15) is 0 Å². The molecule has 5 nitrogen and oxygen atoms in total. The van der Waals surface area contributed by atoms with E-state index in [-0.39, 0.29) is 6.54 Å². The van der Waals surface area contributed by atoms with E-state index in [0.717, 1.165) is 54.3 Å². The van der Waals surface area contributed by atoms with Crippen LogP contribution in [0.2, 0.25) is 0 Å². The lowest BCUT2D eigenvalue weighted by molar-refractivity contribution is -0.117. The van der Waals surface area contributed by atoms with Crippen molar-refractivity contribution in [1.82, 2.24) is 14.9 Å². The molecule has 168 valence electrons. The highest BCUT2D eigenvalue weighted by Crippen LogP contribution is 2.22. The fourth-order valence-electron chi connectivity index (χ4n) is 3.41. The summed E-state index contributed by atoms with van der Waals surface area (Å²) in [5.74, 6) is -0.702. The molecular weight excluding hydrogens is 398 g/mol. The lowest BCUT2D eigenvalue weighted by Gasteiger charge is -2.10. The number of fused-ring (bicyclic) bond motifs is 1. The Morgan fingerprint density at radius 1 is 1.13 bits per heavy atom. The third-order valence-electron chi connectivity index (χ3n) is 4.87. The summed E-state index contributed by atoms with van der Waals surface area (Å²) in [6.45, 7) is 7.49. The average molecular weight is 431 g/mol. The van der Waals surface area contributed by atoms with Gasteiger partial charge in [-0.15, -0.1) is 0 Å². The van der Waals surface area contributed by atoms with Crippen molar-refractivity contribution in [3.05, 3.63) is 65.0 Å². The van der Waals surface area contributed by atoms with Crippen LogP contribution in [0.4, 0.5) is 8.78 Å². The van der Waals surface area contributed by atoms with Crippen LogP contribution in [-0.4, -0.2) is 22.0 Å². The molecule has 3 N–H and O–H groups in total. The molecule has 3 aromatic rings. The number of aromatic nitrogens is 2. The highest BCUT2D eigenvalue weighted by molar-refractivity contribution is 5.77. The Kier molecular flexibility index (Phi) is 9.59. The van der Waals surface area contributed by atoms with Crippen LogP contribution < -0.4 is 11.1 Å². The molecule has 1 heterocycles. The van der Waals surface area contributed by atoms with Crippen LogP contribution >= 0.6 is 0 Å². The molecule has 0 radical (unpaired) electrons. The number of carbonyl (C=O) groups is 1. The Hall–Kier alpha value is -2.80. The molecule has 0 aliphatic carbocycles. The van der Waals surface area contributed by atoms with Gasteiger partial charge in [0.25, 0.3) is 0 Å². The zero-order valence-corrected chi connectivity index (χ0v) is 18.5. The van der Waals surface area contributed by atoms with Gasteiger partial charge < -0.3 is 15.6 Å². The maximum absolute atomic E-state index is 14.0. The van der Waals surface area contributed by atoms with Crippen LogP contribution in [0.25, 0.3) is 11.0 Å². The van der Waals surface area contributed by atoms with E-state index in [2.05, 4.69) is 16.8 Å². The fourth-order valence-corrected chi connectivity index (χ4v) is 3.41. The summed E-state index contributed by atoms with van der Waals surface area (Å²) in [6, 6.07) is 9.50. The normalized spacial score (nSPS) is 10.7. The number of halogens is 2. The molecule has 0 saturated heterocycles. The summed E-state index contributed by atoms with van der Waals surface area (Å²) in [5, 5.41) is 3.02. The molecule has 0 aliphatic rings. The molecule has 0 unspecified atom stereocenters. The topological polar surface area (TPSA) is 72.9 Å². The van der Waals surface area contributed by atoms with E-state index in [1.807, 2.05) is 32.0 Å². The van der Waals surface area contributed by atoms with Crippen LogP contribution in [0.5, 0.6) is 0 Å². The minimum absolute atomic E-state index is 0.0905. The van der Waals surface area contributed by atoms with Crippen LogP contribution in [0.3, 0.4) is 0 Å². The number of imidazole rings is 1. The van der Waals surface area contributed by atoms with Gasteiger partial charge in [0.1, 0.15) is 17.5 Å². The predicted octanol–water partition coefficient (Wildman–Crippen LogP) is 4.70. The summed E-state index contributed by atoms with van der Waals surface area (Å²) < 4.78 is 29.3. The summed E-state index contributed by atoms with van der Waals surface area (Å²) in [4.78, 5) is 15.7. The Bertz CT molecular complexity index is 1000. The zero-order chi connectivity index (χ0) is 22.8. The fraction of sp³-hybridized carbons (Fsp3) is 0.417. The molecule has 2 aromatic carbocycles. The number of nitrogens with one attached hydrogen (secondary N) is 1. The number of aryl methyl sites for hydroxylation is 1. The lowest BCUT2D eigenvalue weighted by Crippen LogP contribution is -2.29. The van der Waals surface area contributed by atoms with E-state index in [0.29, 0.717) is 18.5 Å². The number of hydrogen-bond acceptors (Lipinski definition) is 3. The van der Waals surface area contributed by atoms with Crippen LogP contribution in [-0.2, 0) is 24.3 Å². The Morgan fingerprint density at radius 2 is 1.90 bits per heavy atom. The largest absolute Gasteiger partial charge is 0.369 e. The minimum atomic E-state index is -0.580. The molecule has 0 atom stereocenters. The second kappa shape index (κ2) is 12.2. The summed E-state index contributed by atoms with van der Waals surface area (Å²) in [6.07, 6.45) is 3.60. The molecule has 0 bridgehead atoms. The van der Waals surface area contributed by atoms with E-state index in [4.69, 9.17) is 10.7 Å². The second-order valence-corrected chi connectivity index (χ2v) is 7.19. The Labute approximate surface area is 182 Å². The first-order chi connectivity index (χ1) is 15.0. The summed E-state index contributed by atoms with van der Waals surface area (Å²) in [7, 11) is 0. The van der Waals surface area contributed by atoms with Crippen LogP contribution in [0.15, 0.2) is 36.4 Å². The molecule has 7 heteroatoms. The van der Waals surface area contributed by atoms with Crippen molar-refractivity contribution in [2.45, 2.75) is 59.5 Å². The van der Waals surface area contributed by atoms with E-state index < -0.39 is 17.5 Å². The van der Waals surface area contributed by atoms with E-state index in [1.165, 1.54) is 12.1 Å². The molecule has 0 fully saturated rings. The average Bonchev–Trinajstić information content (AvgIpc) is 3.08. The number of benzene rings is 2. The van der Waals surface area contributed by atoms with Gasteiger partial charge in [-0.25, -0.2) is 13.8 Å². The standard InChI is InChI=1S/C22H26F2N4O.C2H6/c1-2-3-4-9-28-20-11-15(10-16-6-7-17(23)12-18(16)24)5-8-19(20)27-22(28)14-26-13-21(25)29;1-2/h5-8,11-12,26H,2-4,9-10,13-14H2,1H3,(H2,25,29);1-2H3. The predicted molar refractivity (Wildman–Crippen MR) is 121 cm³/mol. The quantitative estimate of drug-likeness (QED) is 0.458. The monoisotopic (exact) mass is 430 g/mol. The molecule has 1 amide bonds. The molecular formula is C24H32F2N4O. The van der Waals surface area contributed by atoms with Crippen molar-refractivity contribution in [1.29, 1.82) is 0 Å². The highest BCUT2D eigenvalue weighted by Gasteiger charge is 2.13. The number of amides is 1. The minimum Gasteiger partial charge on any atom is -0.369 e. The molecule has 1 aromatic heterocycles. The summed E-state index contributed by atoms with van der Waals surface area (Å²) >= 11 is 0. The number of hydrogen-bond donors (Lipinski definition) is 2. The second-order valence-electron chi connectivity index (χ2n) is 7.19. The number of nitrogens with two attached hydrogens (primary N) is 1. The van der Waals surface area contributed by atoms with Gasteiger partial charge in [-0.05, 0) is 35.7 Å². The molecule has 3 rings (SSSR count). The number of unbranched alkanes of at least 4 members (excludes halogenated alkanes) is 2. The smallest absolute Gasteiger partial charge is 0.231 e. The van der Waals surface area contributed by atoms with Gasteiger partial charge in [-0.3, -0.25) is 4.79 Å². The maximum atomic E-state index is 14.0. The van der Waals surface area contributed by atoms with Crippen molar-refractivity contribution < 1.29 is 13.6 Å². The Balaban J connectivity index is 0.00000166. The van der Waals surface area contributed by atoms with Gasteiger partial charge in [0, 0.05) is 19.0 Å². The molecule has 31 heavy (non-hydrogen) atoms. The zero-order valence-electron chi connectivity index (χ0n) is 18.5. The molecule has 0 aliphatic heterocycles. The molecule has 0 saturated carbocycles. The summed E-state index contributed by atoms with van der Waals surface area (Å²) in [5.41, 5.74) is 8.39.